The molecular formula is C13H11F3N2O3. The van der Waals surface area contributed by atoms with Crippen molar-refractivity contribution in [3.05, 3.63) is 47.2 Å². The van der Waals surface area contributed by atoms with Gasteiger partial charge in [-0.2, -0.15) is 18.3 Å². The van der Waals surface area contributed by atoms with E-state index in [1.807, 2.05) is 0 Å². The van der Waals surface area contributed by atoms with Crippen LogP contribution in [0.3, 0.4) is 0 Å². The average molecular weight is 300 g/mol. The fourth-order valence-electron chi connectivity index (χ4n) is 1.82. The van der Waals surface area contributed by atoms with E-state index in [-0.39, 0.29) is 18.0 Å². The molecule has 0 aliphatic rings. The molecule has 0 amide bonds. The molecule has 5 nitrogen and oxygen atoms in total. The lowest BCUT2D eigenvalue weighted by molar-refractivity contribution is -0.137. The van der Waals surface area contributed by atoms with Crippen LogP contribution >= 0.6 is 0 Å². The molecule has 21 heavy (non-hydrogen) atoms. The van der Waals surface area contributed by atoms with Crippen LogP contribution in [0.15, 0.2) is 30.5 Å². The summed E-state index contributed by atoms with van der Waals surface area (Å²) in [4.78, 5) is 10.9. The number of alkyl halides is 3. The molecule has 0 unspecified atom stereocenters. The van der Waals surface area contributed by atoms with Crippen LogP contribution in [0.1, 0.15) is 21.5 Å². The molecule has 0 fully saturated rings. The summed E-state index contributed by atoms with van der Waals surface area (Å²) in [5.41, 5.74) is -0.310. The maximum absolute atomic E-state index is 12.5. The molecule has 112 valence electrons. The second kappa shape index (κ2) is 5.47. The maximum atomic E-state index is 12.5. The van der Waals surface area contributed by atoms with Gasteiger partial charge in [-0.15, -0.1) is 0 Å². The smallest absolute Gasteiger partial charge is 0.416 e. The molecule has 0 bridgehead atoms. The molecule has 0 aliphatic heterocycles. The van der Waals surface area contributed by atoms with Gasteiger partial charge >= 0.3 is 12.1 Å². The minimum atomic E-state index is -4.39. The highest BCUT2D eigenvalue weighted by atomic mass is 19.4. The molecule has 1 heterocycles. The third-order valence-corrected chi connectivity index (χ3v) is 2.83. The molecule has 1 aromatic carbocycles. The first kappa shape index (κ1) is 14.9. The first-order valence-corrected chi connectivity index (χ1v) is 5.82. The number of ether oxygens (including phenoxy) is 1. The fraction of sp³-hybridized carbons (Fsp3) is 0.231. The molecule has 0 saturated carbocycles. The van der Waals surface area contributed by atoms with Crippen molar-refractivity contribution in [2.24, 2.45) is 0 Å². The predicted molar refractivity (Wildman–Crippen MR) is 66.3 cm³/mol. The number of benzene rings is 1. The largest absolute Gasteiger partial charge is 0.481 e. The number of carboxylic acid groups (broad SMARTS) is 1. The van der Waals surface area contributed by atoms with Crippen molar-refractivity contribution >= 4 is 5.97 Å². The summed E-state index contributed by atoms with van der Waals surface area (Å²) in [7, 11) is 1.30. The topological polar surface area (TPSA) is 64.3 Å². The Hall–Kier alpha value is -2.51. The highest BCUT2D eigenvalue weighted by molar-refractivity contribution is 5.89. The molecule has 0 atom stereocenters. The van der Waals surface area contributed by atoms with Crippen molar-refractivity contribution in [2.45, 2.75) is 12.7 Å². The first-order chi connectivity index (χ1) is 9.82. The SMILES string of the molecule is COc1c(C(=O)O)cnn1Cc1ccc(C(F)(F)F)cc1. The van der Waals surface area contributed by atoms with Gasteiger partial charge < -0.3 is 9.84 Å². The first-order valence-electron chi connectivity index (χ1n) is 5.82. The van der Waals surface area contributed by atoms with Crippen LogP contribution in [0.2, 0.25) is 0 Å². The van der Waals surface area contributed by atoms with Gasteiger partial charge in [-0.3, -0.25) is 0 Å². The summed E-state index contributed by atoms with van der Waals surface area (Å²) < 4.78 is 43.6. The number of nitrogens with zero attached hydrogens (tertiary/aromatic N) is 2. The van der Waals surface area contributed by atoms with Crippen LogP contribution in [0.4, 0.5) is 13.2 Å². The van der Waals surface area contributed by atoms with Crippen LogP contribution in [0.25, 0.3) is 0 Å². The second-order valence-electron chi connectivity index (χ2n) is 4.23. The Balaban J connectivity index is 2.25. The standard InChI is InChI=1S/C13H11F3N2O3/c1-21-11-10(12(19)20)6-17-18(11)7-8-2-4-9(5-3-8)13(14,15)16/h2-6H,7H2,1H3,(H,19,20). The van der Waals surface area contributed by atoms with Crippen LogP contribution in [0, 0.1) is 0 Å². The second-order valence-corrected chi connectivity index (χ2v) is 4.23. The van der Waals surface area contributed by atoms with E-state index in [1.54, 1.807) is 0 Å². The fourth-order valence-corrected chi connectivity index (χ4v) is 1.82. The van der Waals surface area contributed by atoms with E-state index in [0.29, 0.717) is 5.56 Å². The van der Waals surface area contributed by atoms with Crippen molar-refractivity contribution < 1.29 is 27.8 Å². The van der Waals surface area contributed by atoms with E-state index in [0.717, 1.165) is 18.3 Å². The Morgan fingerprint density at radius 1 is 1.33 bits per heavy atom. The molecule has 8 heteroatoms. The van der Waals surface area contributed by atoms with Crippen molar-refractivity contribution in [3.63, 3.8) is 0 Å². The monoisotopic (exact) mass is 300 g/mol. The average Bonchev–Trinajstić information content (AvgIpc) is 2.81. The molecule has 0 radical (unpaired) electrons. The minimum absolute atomic E-state index is 0.0439. The number of hydrogen-bond donors (Lipinski definition) is 1. The van der Waals surface area contributed by atoms with Crippen molar-refractivity contribution in [1.82, 2.24) is 9.78 Å². The highest BCUT2D eigenvalue weighted by Gasteiger charge is 2.30. The Labute approximate surface area is 117 Å². The van der Waals surface area contributed by atoms with Gasteiger partial charge in [0.25, 0.3) is 0 Å². The number of halogens is 3. The van der Waals surface area contributed by atoms with Crippen molar-refractivity contribution in [3.8, 4) is 5.88 Å². The Kier molecular flexibility index (Phi) is 3.88. The van der Waals surface area contributed by atoms with Crippen LogP contribution in [-0.2, 0) is 12.7 Å². The summed E-state index contributed by atoms with van der Waals surface area (Å²) in [5, 5.41) is 12.8. The lowest BCUT2D eigenvalue weighted by atomic mass is 10.1. The summed E-state index contributed by atoms with van der Waals surface area (Å²) in [6.07, 6.45) is -3.26. The van der Waals surface area contributed by atoms with E-state index in [2.05, 4.69) is 5.10 Å². The zero-order valence-electron chi connectivity index (χ0n) is 10.9. The van der Waals surface area contributed by atoms with Crippen LogP contribution < -0.4 is 4.74 Å². The van der Waals surface area contributed by atoms with Gasteiger partial charge in [0.2, 0.25) is 5.88 Å². The number of rotatable bonds is 4. The lowest BCUT2D eigenvalue weighted by Gasteiger charge is -2.09. The van der Waals surface area contributed by atoms with Gasteiger partial charge in [0, 0.05) is 0 Å². The van der Waals surface area contributed by atoms with Crippen LogP contribution in [-0.4, -0.2) is 28.0 Å². The molecule has 1 N–H and O–H groups in total. The van der Waals surface area contributed by atoms with Gasteiger partial charge in [-0.1, -0.05) is 12.1 Å². The number of carboxylic acids is 1. The molecule has 2 aromatic rings. The highest BCUT2D eigenvalue weighted by Crippen LogP contribution is 2.29. The van der Waals surface area contributed by atoms with Gasteiger partial charge in [0.05, 0.1) is 25.4 Å². The molecule has 0 spiro atoms. The minimum Gasteiger partial charge on any atom is -0.481 e. The lowest BCUT2D eigenvalue weighted by Crippen LogP contribution is -2.08. The quantitative estimate of drug-likeness (QED) is 0.943. The number of aromatic carboxylic acids is 1. The van der Waals surface area contributed by atoms with Crippen molar-refractivity contribution in [1.29, 1.82) is 0 Å². The summed E-state index contributed by atoms with van der Waals surface area (Å²) in [5.74, 6) is -1.15. The van der Waals surface area contributed by atoms with Gasteiger partial charge in [-0.05, 0) is 17.7 Å². The Morgan fingerprint density at radius 3 is 2.43 bits per heavy atom. The van der Waals surface area contributed by atoms with Gasteiger partial charge in [-0.25, -0.2) is 9.48 Å². The van der Waals surface area contributed by atoms with Crippen molar-refractivity contribution in [2.75, 3.05) is 7.11 Å². The maximum Gasteiger partial charge on any atom is 0.416 e. The predicted octanol–water partition coefficient (Wildman–Crippen LogP) is 2.66. The third kappa shape index (κ3) is 3.15. The van der Waals surface area contributed by atoms with E-state index in [4.69, 9.17) is 9.84 Å². The summed E-state index contributed by atoms with van der Waals surface area (Å²) >= 11 is 0. The molecule has 1 aromatic heterocycles. The van der Waals surface area contributed by atoms with E-state index in [9.17, 15) is 18.0 Å². The Morgan fingerprint density at radius 2 is 1.95 bits per heavy atom. The number of hydrogen-bond acceptors (Lipinski definition) is 3. The zero-order chi connectivity index (χ0) is 15.6. The third-order valence-electron chi connectivity index (χ3n) is 2.83. The van der Waals surface area contributed by atoms with E-state index >= 15 is 0 Å². The number of carbonyl (C=O) groups is 1. The number of methoxy groups -OCH3 is 1. The Bertz CT molecular complexity index is 648. The van der Waals surface area contributed by atoms with E-state index in [1.165, 1.54) is 23.9 Å². The normalized spacial score (nSPS) is 11.4. The molecule has 0 aliphatic carbocycles. The molecule has 2 rings (SSSR count). The summed E-state index contributed by atoms with van der Waals surface area (Å²) in [6, 6.07) is 4.54. The zero-order valence-corrected chi connectivity index (χ0v) is 10.9. The number of aromatic nitrogens is 2. The van der Waals surface area contributed by atoms with Gasteiger partial charge in [0.1, 0.15) is 5.56 Å². The van der Waals surface area contributed by atoms with Gasteiger partial charge in [0.15, 0.2) is 0 Å². The summed E-state index contributed by atoms with van der Waals surface area (Å²) in [6.45, 7) is 0.106. The molecule has 0 saturated heterocycles. The van der Waals surface area contributed by atoms with E-state index < -0.39 is 17.7 Å². The van der Waals surface area contributed by atoms with Crippen LogP contribution in [0.5, 0.6) is 5.88 Å². The molecular weight excluding hydrogens is 289 g/mol.